The van der Waals surface area contributed by atoms with Crippen LogP contribution in [0, 0.1) is 5.92 Å². The third kappa shape index (κ3) is 33.8. The molecule has 0 N–H and O–H groups in total. The summed E-state index contributed by atoms with van der Waals surface area (Å²) in [5.74, 6) is -0.0699. The quantitative estimate of drug-likeness (QED) is 0.0385. The number of hydrogen-bond acceptors (Lipinski definition) is 6. The summed E-state index contributed by atoms with van der Waals surface area (Å²) in [7, 11) is 0. The van der Waals surface area contributed by atoms with E-state index in [1.54, 1.807) is 0 Å². The number of rotatable bonds is 35. The molecule has 0 radical (unpaired) electrons. The van der Waals surface area contributed by atoms with Gasteiger partial charge in [-0.3, -0.25) is 14.4 Å². The van der Waals surface area contributed by atoms with E-state index < -0.39 is 6.10 Å². The zero-order valence-corrected chi connectivity index (χ0v) is 31.0. The fourth-order valence-electron chi connectivity index (χ4n) is 5.74. The first-order valence-electron chi connectivity index (χ1n) is 19.9. The van der Waals surface area contributed by atoms with E-state index >= 15 is 0 Å². The smallest absolute Gasteiger partial charge is 0.306 e. The summed E-state index contributed by atoms with van der Waals surface area (Å²) < 4.78 is 16.5. The van der Waals surface area contributed by atoms with E-state index in [-0.39, 0.29) is 31.1 Å². The molecule has 0 aliphatic rings. The van der Waals surface area contributed by atoms with Crippen LogP contribution in [0.5, 0.6) is 0 Å². The zero-order chi connectivity index (χ0) is 33.9. The van der Waals surface area contributed by atoms with Gasteiger partial charge in [0.05, 0.1) is 0 Å². The van der Waals surface area contributed by atoms with Gasteiger partial charge >= 0.3 is 17.9 Å². The van der Waals surface area contributed by atoms with E-state index in [4.69, 9.17) is 14.2 Å². The van der Waals surface area contributed by atoms with E-state index in [0.29, 0.717) is 19.3 Å². The molecule has 0 aromatic rings. The van der Waals surface area contributed by atoms with Crippen molar-refractivity contribution in [2.24, 2.45) is 5.92 Å². The summed E-state index contributed by atoms with van der Waals surface area (Å²) in [6.07, 6.45) is 31.2. The summed E-state index contributed by atoms with van der Waals surface area (Å²) in [5, 5.41) is 0. The molecule has 0 aromatic carbocycles. The third-order valence-corrected chi connectivity index (χ3v) is 8.79. The van der Waals surface area contributed by atoms with Gasteiger partial charge in [-0.25, -0.2) is 0 Å². The molecule has 0 amide bonds. The lowest BCUT2D eigenvalue weighted by Crippen LogP contribution is -2.30. The summed E-state index contributed by atoms with van der Waals surface area (Å²) >= 11 is 0. The minimum absolute atomic E-state index is 0.0663. The van der Waals surface area contributed by atoms with Crippen LogP contribution < -0.4 is 0 Å². The molecule has 0 saturated heterocycles. The Labute approximate surface area is 285 Å². The first kappa shape index (κ1) is 44.4. The Balaban J connectivity index is 4.22. The average molecular weight is 653 g/mol. The molecule has 0 rings (SSSR count). The first-order valence-corrected chi connectivity index (χ1v) is 19.9. The van der Waals surface area contributed by atoms with Gasteiger partial charge in [-0.15, -0.1) is 0 Å². The average Bonchev–Trinajstić information content (AvgIpc) is 3.03. The van der Waals surface area contributed by atoms with Crippen LogP contribution in [0.1, 0.15) is 214 Å². The molecule has 6 heteroatoms. The topological polar surface area (TPSA) is 78.9 Å². The van der Waals surface area contributed by atoms with Crippen molar-refractivity contribution in [1.82, 2.24) is 0 Å². The Morgan fingerprint density at radius 2 is 0.717 bits per heavy atom. The number of carbonyl (C=O) groups excluding carboxylic acids is 3. The van der Waals surface area contributed by atoms with Crippen LogP contribution >= 0.6 is 0 Å². The van der Waals surface area contributed by atoms with Crippen molar-refractivity contribution in [1.29, 1.82) is 0 Å². The molecule has 0 aliphatic heterocycles. The number of carbonyl (C=O) groups is 3. The molecule has 6 nitrogen and oxygen atoms in total. The highest BCUT2D eigenvalue weighted by Gasteiger charge is 2.19. The second-order valence-electron chi connectivity index (χ2n) is 14.0. The van der Waals surface area contributed by atoms with Crippen molar-refractivity contribution in [2.45, 2.75) is 220 Å². The van der Waals surface area contributed by atoms with Gasteiger partial charge in [0.15, 0.2) is 6.10 Å². The van der Waals surface area contributed by atoms with Crippen LogP contribution in [0.4, 0.5) is 0 Å². The van der Waals surface area contributed by atoms with Gasteiger partial charge in [0, 0.05) is 19.3 Å². The second kappa shape index (κ2) is 34.7. The van der Waals surface area contributed by atoms with E-state index in [1.807, 2.05) is 0 Å². The third-order valence-electron chi connectivity index (χ3n) is 8.79. The standard InChI is InChI=1S/C40H76O6/c1-5-7-9-11-12-13-14-17-20-24-27-31-38(41)44-34-37(46-40(43)33-29-22-10-8-6-2)35-45-39(42)32-28-25-21-18-15-16-19-23-26-30-36(3)4/h36-37H,5-35H2,1-4H3/t37-/m0/s1. The maximum absolute atomic E-state index is 12.5. The number of esters is 3. The van der Waals surface area contributed by atoms with Crippen molar-refractivity contribution >= 4 is 17.9 Å². The maximum Gasteiger partial charge on any atom is 0.306 e. The molecule has 0 heterocycles. The van der Waals surface area contributed by atoms with Crippen LogP contribution in [-0.4, -0.2) is 37.2 Å². The molecule has 0 unspecified atom stereocenters. The van der Waals surface area contributed by atoms with E-state index in [9.17, 15) is 14.4 Å². The lowest BCUT2D eigenvalue weighted by molar-refractivity contribution is -0.167. The maximum atomic E-state index is 12.5. The Bertz CT molecular complexity index is 691. The summed E-state index contributed by atoms with van der Waals surface area (Å²) in [5.41, 5.74) is 0. The number of ether oxygens (including phenoxy) is 3. The van der Waals surface area contributed by atoms with Gasteiger partial charge in [0.1, 0.15) is 13.2 Å². The Morgan fingerprint density at radius 1 is 0.413 bits per heavy atom. The van der Waals surface area contributed by atoms with Gasteiger partial charge in [0.25, 0.3) is 0 Å². The largest absolute Gasteiger partial charge is 0.462 e. The van der Waals surface area contributed by atoms with Crippen LogP contribution in [0.2, 0.25) is 0 Å². The molecule has 0 saturated carbocycles. The minimum Gasteiger partial charge on any atom is -0.462 e. The van der Waals surface area contributed by atoms with Gasteiger partial charge in [-0.05, 0) is 25.2 Å². The van der Waals surface area contributed by atoms with Gasteiger partial charge in [0.2, 0.25) is 0 Å². The van der Waals surface area contributed by atoms with E-state index in [0.717, 1.165) is 70.1 Å². The SMILES string of the molecule is CCCCCCCCCCCCCC(=O)OC[C@@H](COC(=O)CCCCCCCCCCCC(C)C)OC(=O)CCCCCCC. The highest BCUT2D eigenvalue weighted by Crippen LogP contribution is 2.15. The van der Waals surface area contributed by atoms with Crippen molar-refractivity contribution in [2.75, 3.05) is 13.2 Å². The fraction of sp³-hybridized carbons (Fsp3) is 0.925. The van der Waals surface area contributed by atoms with Crippen molar-refractivity contribution in [3.05, 3.63) is 0 Å². The van der Waals surface area contributed by atoms with Gasteiger partial charge in [-0.1, -0.05) is 175 Å². The fourth-order valence-corrected chi connectivity index (χ4v) is 5.74. The van der Waals surface area contributed by atoms with Gasteiger partial charge < -0.3 is 14.2 Å². The molecule has 0 fully saturated rings. The molecule has 0 aromatic heterocycles. The second-order valence-corrected chi connectivity index (χ2v) is 14.0. The predicted octanol–water partition coefficient (Wildman–Crippen LogP) is 12.0. The highest BCUT2D eigenvalue weighted by atomic mass is 16.6. The highest BCUT2D eigenvalue weighted by molar-refractivity contribution is 5.71. The predicted molar refractivity (Wildman–Crippen MR) is 192 cm³/mol. The lowest BCUT2D eigenvalue weighted by Gasteiger charge is -2.18. The Kier molecular flexibility index (Phi) is 33.5. The summed E-state index contributed by atoms with van der Waals surface area (Å²) in [4.78, 5) is 37.2. The molecule has 46 heavy (non-hydrogen) atoms. The molecule has 0 aliphatic carbocycles. The van der Waals surface area contributed by atoms with Gasteiger partial charge in [-0.2, -0.15) is 0 Å². The van der Waals surface area contributed by atoms with Crippen molar-refractivity contribution in [3.63, 3.8) is 0 Å². The Morgan fingerprint density at radius 3 is 1.07 bits per heavy atom. The number of hydrogen-bond donors (Lipinski definition) is 0. The van der Waals surface area contributed by atoms with E-state index in [2.05, 4.69) is 27.7 Å². The molecular formula is C40H76O6. The molecule has 0 spiro atoms. The van der Waals surface area contributed by atoms with Crippen LogP contribution in [0.3, 0.4) is 0 Å². The molecule has 1 atom stereocenters. The van der Waals surface area contributed by atoms with Crippen molar-refractivity contribution in [3.8, 4) is 0 Å². The van der Waals surface area contributed by atoms with Crippen LogP contribution in [0.15, 0.2) is 0 Å². The minimum atomic E-state index is -0.756. The van der Waals surface area contributed by atoms with Crippen molar-refractivity contribution < 1.29 is 28.6 Å². The van der Waals surface area contributed by atoms with Crippen LogP contribution in [-0.2, 0) is 28.6 Å². The van der Waals surface area contributed by atoms with Crippen LogP contribution in [0.25, 0.3) is 0 Å². The molecule has 272 valence electrons. The normalized spacial score (nSPS) is 11.9. The first-order chi connectivity index (χ1) is 22.4. The number of unbranched alkanes of at least 4 members (excludes halogenated alkanes) is 22. The molecular weight excluding hydrogens is 576 g/mol. The summed E-state index contributed by atoms with van der Waals surface area (Å²) in [6.45, 7) is 8.86. The lowest BCUT2D eigenvalue weighted by atomic mass is 10.0. The molecule has 0 bridgehead atoms. The summed E-state index contributed by atoms with van der Waals surface area (Å²) in [6, 6.07) is 0. The van der Waals surface area contributed by atoms with E-state index in [1.165, 1.54) is 103 Å². The monoisotopic (exact) mass is 653 g/mol. The zero-order valence-electron chi connectivity index (χ0n) is 31.0. The Hall–Kier alpha value is -1.59.